The Kier molecular flexibility index (Phi) is 5.29. The Balaban J connectivity index is 1.30. The number of carbonyl (C=O) groups is 2. The molecule has 0 bridgehead atoms. The number of rotatable bonds is 7. The van der Waals surface area contributed by atoms with E-state index in [2.05, 4.69) is 10.3 Å². The molecule has 0 atom stereocenters. The predicted molar refractivity (Wildman–Crippen MR) is 106 cm³/mol. The molecule has 0 aliphatic heterocycles. The molecule has 0 aliphatic carbocycles. The Labute approximate surface area is 166 Å². The first-order valence-electron chi connectivity index (χ1n) is 8.98. The first-order valence-corrected chi connectivity index (χ1v) is 8.98. The van der Waals surface area contributed by atoms with Gasteiger partial charge < -0.3 is 9.15 Å². The van der Waals surface area contributed by atoms with Gasteiger partial charge in [-0.15, -0.1) is 5.10 Å². The van der Waals surface area contributed by atoms with Gasteiger partial charge in [-0.05, 0) is 23.8 Å². The normalized spacial score (nSPS) is 11.2. The SMILES string of the molecule is O=C(/C=C/c1cn(Cc2ccccc2)nn1)OCC(=O)c1cc2ccccc2o1. The fraction of sp³-hybridized carbons (Fsp3) is 0.0909. The Hall–Kier alpha value is -4.00. The number of Topliss-reactive ketones (excluding diaryl/α,β-unsaturated/α-hetero) is 1. The number of benzene rings is 2. The average molecular weight is 387 g/mol. The van der Waals surface area contributed by atoms with E-state index in [1.165, 1.54) is 12.2 Å². The summed E-state index contributed by atoms with van der Waals surface area (Å²) in [5, 5.41) is 8.83. The Morgan fingerprint density at radius 2 is 1.86 bits per heavy atom. The van der Waals surface area contributed by atoms with Crippen molar-refractivity contribution in [1.82, 2.24) is 15.0 Å². The number of esters is 1. The van der Waals surface area contributed by atoms with Gasteiger partial charge in [0.15, 0.2) is 12.4 Å². The van der Waals surface area contributed by atoms with Gasteiger partial charge in [-0.2, -0.15) is 0 Å². The van der Waals surface area contributed by atoms with Crippen LogP contribution in [0.3, 0.4) is 0 Å². The second kappa shape index (κ2) is 8.35. The molecule has 4 aromatic rings. The number of carbonyl (C=O) groups excluding carboxylic acids is 2. The third kappa shape index (κ3) is 4.65. The van der Waals surface area contributed by atoms with Gasteiger partial charge in [0.05, 0.1) is 12.7 Å². The molecule has 7 nitrogen and oxygen atoms in total. The van der Waals surface area contributed by atoms with Crippen molar-refractivity contribution in [2.45, 2.75) is 6.54 Å². The maximum atomic E-state index is 12.1. The molecule has 4 rings (SSSR count). The standard InChI is InChI=1S/C22H17N3O4/c26-19(21-12-17-8-4-5-9-20(17)29-21)15-28-22(27)11-10-18-14-25(24-23-18)13-16-6-2-1-3-7-16/h1-12,14H,13,15H2/b11-10+. The second-order valence-electron chi connectivity index (χ2n) is 6.34. The molecule has 144 valence electrons. The summed E-state index contributed by atoms with van der Waals surface area (Å²) in [6, 6.07) is 18.8. The largest absolute Gasteiger partial charge is 0.454 e. The van der Waals surface area contributed by atoms with Crippen molar-refractivity contribution in [3.8, 4) is 0 Å². The topological polar surface area (TPSA) is 87.2 Å². The number of hydrogen-bond donors (Lipinski definition) is 0. The smallest absolute Gasteiger partial charge is 0.331 e. The lowest BCUT2D eigenvalue weighted by atomic mass is 10.2. The zero-order valence-electron chi connectivity index (χ0n) is 15.4. The summed E-state index contributed by atoms with van der Waals surface area (Å²) < 4.78 is 12.1. The van der Waals surface area contributed by atoms with E-state index >= 15 is 0 Å². The second-order valence-corrected chi connectivity index (χ2v) is 6.34. The molecule has 2 heterocycles. The van der Waals surface area contributed by atoms with Gasteiger partial charge in [0.25, 0.3) is 0 Å². The summed E-state index contributed by atoms with van der Waals surface area (Å²) >= 11 is 0. The van der Waals surface area contributed by atoms with Gasteiger partial charge >= 0.3 is 5.97 Å². The minimum absolute atomic E-state index is 0.159. The van der Waals surface area contributed by atoms with Crippen LogP contribution in [0.4, 0.5) is 0 Å². The maximum absolute atomic E-state index is 12.1. The fourth-order valence-corrected chi connectivity index (χ4v) is 2.77. The van der Waals surface area contributed by atoms with Crippen molar-refractivity contribution < 1.29 is 18.7 Å². The molecule has 0 N–H and O–H groups in total. The molecule has 0 fully saturated rings. The monoisotopic (exact) mass is 387 g/mol. The van der Waals surface area contributed by atoms with Crippen molar-refractivity contribution in [2.24, 2.45) is 0 Å². The van der Waals surface area contributed by atoms with Crippen LogP contribution in [-0.4, -0.2) is 33.4 Å². The number of ether oxygens (including phenoxy) is 1. The molecular formula is C22H17N3O4. The van der Waals surface area contributed by atoms with E-state index in [4.69, 9.17) is 9.15 Å². The summed E-state index contributed by atoms with van der Waals surface area (Å²) in [4.78, 5) is 24.0. The molecule has 0 spiro atoms. The highest BCUT2D eigenvalue weighted by Gasteiger charge is 2.14. The predicted octanol–water partition coefficient (Wildman–Crippen LogP) is 3.51. The number of nitrogens with zero attached hydrogens (tertiary/aromatic N) is 3. The number of hydrogen-bond acceptors (Lipinski definition) is 6. The zero-order chi connectivity index (χ0) is 20.1. The molecule has 0 aliphatic rings. The van der Waals surface area contributed by atoms with E-state index in [1.807, 2.05) is 48.5 Å². The van der Waals surface area contributed by atoms with Crippen LogP contribution in [0, 0.1) is 0 Å². The van der Waals surface area contributed by atoms with E-state index in [9.17, 15) is 9.59 Å². The van der Waals surface area contributed by atoms with Crippen LogP contribution in [0.25, 0.3) is 17.0 Å². The van der Waals surface area contributed by atoms with Gasteiger partial charge in [0, 0.05) is 11.5 Å². The lowest BCUT2D eigenvalue weighted by molar-refractivity contribution is -0.136. The van der Waals surface area contributed by atoms with Crippen LogP contribution in [-0.2, 0) is 16.1 Å². The van der Waals surface area contributed by atoms with Crippen LogP contribution in [0.5, 0.6) is 0 Å². The maximum Gasteiger partial charge on any atom is 0.331 e. The fourth-order valence-electron chi connectivity index (χ4n) is 2.77. The molecule has 0 saturated carbocycles. The van der Waals surface area contributed by atoms with Crippen molar-refractivity contribution >= 4 is 28.8 Å². The minimum atomic E-state index is -0.646. The van der Waals surface area contributed by atoms with Crippen molar-refractivity contribution in [2.75, 3.05) is 6.61 Å². The molecule has 29 heavy (non-hydrogen) atoms. The van der Waals surface area contributed by atoms with Crippen molar-refractivity contribution in [3.63, 3.8) is 0 Å². The molecule has 2 aromatic heterocycles. The van der Waals surface area contributed by atoms with Gasteiger partial charge in [-0.3, -0.25) is 4.79 Å². The van der Waals surface area contributed by atoms with Gasteiger partial charge in [0.2, 0.25) is 5.78 Å². The van der Waals surface area contributed by atoms with Crippen molar-refractivity contribution in [1.29, 1.82) is 0 Å². The highest BCUT2D eigenvalue weighted by Crippen LogP contribution is 2.19. The van der Waals surface area contributed by atoms with Gasteiger partial charge in [-0.1, -0.05) is 53.7 Å². The third-order valence-corrected chi connectivity index (χ3v) is 4.18. The summed E-state index contributed by atoms with van der Waals surface area (Å²) in [6.07, 6.45) is 4.42. The lowest BCUT2D eigenvalue weighted by Crippen LogP contribution is -2.11. The highest BCUT2D eigenvalue weighted by molar-refractivity contribution is 5.99. The van der Waals surface area contributed by atoms with E-state index in [1.54, 1.807) is 23.0 Å². The van der Waals surface area contributed by atoms with E-state index in [0.717, 1.165) is 10.9 Å². The summed E-state index contributed by atoms with van der Waals surface area (Å²) in [6.45, 7) is 0.182. The molecule has 7 heteroatoms. The molecule has 0 radical (unpaired) electrons. The molecule has 0 unspecified atom stereocenters. The molecule has 0 saturated heterocycles. The summed E-state index contributed by atoms with van der Waals surface area (Å²) in [5.74, 6) is -0.893. The third-order valence-electron chi connectivity index (χ3n) is 4.18. The number of furan rings is 1. The quantitative estimate of drug-likeness (QED) is 0.274. The number of aromatic nitrogens is 3. The lowest BCUT2D eigenvalue weighted by Gasteiger charge is -1.99. The first-order chi connectivity index (χ1) is 14.2. The summed E-state index contributed by atoms with van der Waals surface area (Å²) in [5.41, 5.74) is 2.22. The highest BCUT2D eigenvalue weighted by atomic mass is 16.5. The van der Waals surface area contributed by atoms with Crippen LogP contribution in [0.15, 0.2) is 77.4 Å². The van der Waals surface area contributed by atoms with Gasteiger partial charge in [0.1, 0.15) is 11.3 Å². The number of para-hydroxylation sites is 1. The van der Waals surface area contributed by atoms with Crippen LogP contribution >= 0.6 is 0 Å². The van der Waals surface area contributed by atoms with Gasteiger partial charge in [-0.25, -0.2) is 9.48 Å². The summed E-state index contributed by atoms with van der Waals surface area (Å²) in [7, 11) is 0. The Morgan fingerprint density at radius 3 is 2.69 bits per heavy atom. The van der Waals surface area contributed by atoms with E-state index < -0.39 is 18.4 Å². The van der Waals surface area contributed by atoms with E-state index in [0.29, 0.717) is 17.8 Å². The number of fused-ring (bicyclic) bond motifs is 1. The molecular weight excluding hydrogens is 370 g/mol. The Morgan fingerprint density at radius 1 is 1.07 bits per heavy atom. The zero-order valence-corrected chi connectivity index (χ0v) is 15.4. The van der Waals surface area contributed by atoms with E-state index in [-0.39, 0.29) is 5.76 Å². The molecule has 0 amide bonds. The van der Waals surface area contributed by atoms with Crippen LogP contribution < -0.4 is 0 Å². The van der Waals surface area contributed by atoms with Crippen LogP contribution in [0.2, 0.25) is 0 Å². The average Bonchev–Trinajstić information content (AvgIpc) is 3.38. The van der Waals surface area contributed by atoms with Crippen LogP contribution in [0.1, 0.15) is 21.8 Å². The molecule has 2 aromatic carbocycles. The Bertz CT molecular complexity index is 1140. The first kappa shape index (κ1) is 18.4. The van der Waals surface area contributed by atoms with Crippen molar-refractivity contribution in [3.05, 3.63) is 90.0 Å². The number of ketones is 1. The minimum Gasteiger partial charge on any atom is -0.454 e.